The van der Waals surface area contributed by atoms with Crippen LogP contribution in [-0.4, -0.2) is 6.54 Å². The molecule has 0 saturated carbocycles. The number of aryl methyl sites for hydroxylation is 2. The van der Waals surface area contributed by atoms with Gasteiger partial charge in [-0.1, -0.05) is 54.3 Å². The second kappa shape index (κ2) is 8.19. The molecule has 2 aromatic carbocycles. The fraction of sp³-hybridized carbons (Fsp3) is 0.263. The topological polar surface area (TPSA) is 26.0 Å². The van der Waals surface area contributed by atoms with Gasteiger partial charge < -0.3 is 5.73 Å². The van der Waals surface area contributed by atoms with Gasteiger partial charge in [0.1, 0.15) is 0 Å². The van der Waals surface area contributed by atoms with Crippen LogP contribution in [0.1, 0.15) is 29.5 Å². The van der Waals surface area contributed by atoms with Gasteiger partial charge in [-0.25, -0.2) is 0 Å². The molecule has 0 aliphatic rings. The molecule has 0 spiro atoms. The first-order chi connectivity index (χ1) is 9.88. The lowest BCUT2D eigenvalue weighted by Crippen LogP contribution is -2.00. The van der Waals surface area contributed by atoms with Gasteiger partial charge >= 0.3 is 0 Å². The molecular weight excluding hydrogens is 242 g/mol. The summed E-state index contributed by atoms with van der Waals surface area (Å²) >= 11 is 0. The van der Waals surface area contributed by atoms with Crippen LogP contribution in [0.25, 0.3) is 0 Å². The van der Waals surface area contributed by atoms with Gasteiger partial charge in [-0.05, 0) is 49.1 Å². The molecule has 1 heteroatoms. The lowest BCUT2D eigenvalue weighted by molar-refractivity contribution is 0.832. The molecule has 2 aromatic rings. The van der Waals surface area contributed by atoms with E-state index in [1.807, 2.05) is 6.07 Å². The molecule has 0 aliphatic carbocycles. The van der Waals surface area contributed by atoms with Crippen LogP contribution in [0.15, 0.2) is 54.6 Å². The summed E-state index contributed by atoms with van der Waals surface area (Å²) in [7, 11) is 0. The van der Waals surface area contributed by atoms with Crippen LogP contribution in [0.5, 0.6) is 0 Å². The number of nitrogens with two attached hydrogens (primary N) is 1. The molecule has 0 unspecified atom stereocenters. The first kappa shape index (κ1) is 14.4. The monoisotopic (exact) mass is 263 g/mol. The number of benzene rings is 2. The molecule has 0 aliphatic heterocycles. The predicted octanol–water partition coefficient (Wildman–Crippen LogP) is 3.56. The van der Waals surface area contributed by atoms with Gasteiger partial charge in [0.15, 0.2) is 0 Å². The normalized spacial score (nSPS) is 9.85. The average molecular weight is 263 g/mol. The van der Waals surface area contributed by atoms with Crippen LogP contribution in [0.4, 0.5) is 0 Å². The Hall–Kier alpha value is -2.04. The SMILES string of the molecule is NCCCc1cccc(C#CCCc2ccccc2)c1. The maximum Gasteiger partial charge on any atom is 0.0247 e. The third-order valence-corrected chi connectivity index (χ3v) is 3.21. The molecule has 2 rings (SSSR count). The van der Waals surface area contributed by atoms with Gasteiger partial charge in [0.25, 0.3) is 0 Å². The van der Waals surface area contributed by atoms with Crippen molar-refractivity contribution < 1.29 is 0 Å². The van der Waals surface area contributed by atoms with Crippen molar-refractivity contribution in [2.24, 2.45) is 5.73 Å². The summed E-state index contributed by atoms with van der Waals surface area (Å²) < 4.78 is 0. The predicted molar refractivity (Wildman–Crippen MR) is 85.5 cm³/mol. The summed E-state index contributed by atoms with van der Waals surface area (Å²) in [5.74, 6) is 6.51. The number of rotatable bonds is 5. The summed E-state index contributed by atoms with van der Waals surface area (Å²) in [5.41, 5.74) is 9.31. The Kier molecular flexibility index (Phi) is 5.89. The van der Waals surface area contributed by atoms with Crippen molar-refractivity contribution in [1.29, 1.82) is 0 Å². The largest absolute Gasteiger partial charge is 0.330 e. The van der Waals surface area contributed by atoms with Crippen LogP contribution in [0.2, 0.25) is 0 Å². The molecule has 0 radical (unpaired) electrons. The smallest absolute Gasteiger partial charge is 0.0247 e. The Morgan fingerprint density at radius 1 is 0.850 bits per heavy atom. The molecular formula is C19H21N. The molecule has 0 aromatic heterocycles. The maximum atomic E-state index is 5.54. The summed E-state index contributed by atoms with van der Waals surface area (Å²) in [6.07, 6.45) is 3.98. The Balaban J connectivity index is 1.88. The fourth-order valence-corrected chi connectivity index (χ4v) is 2.13. The van der Waals surface area contributed by atoms with Gasteiger partial charge in [0.05, 0.1) is 0 Å². The summed E-state index contributed by atoms with van der Waals surface area (Å²) in [6.45, 7) is 0.743. The molecule has 1 nitrogen and oxygen atoms in total. The number of hydrogen-bond acceptors (Lipinski definition) is 1. The van der Waals surface area contributed by atoms with E-state index >= 15 is 0 Å². The van der Waals surface area contributed by atoms with E-state index in [4.69, 9.17) is 5.73 Å². The van der Waals surface area contributed by atoms with E-state index in [0.29, 0.717) is 0 Å². The molecule has 20 heavy (non-hydrogen) atoms. The zero-order chi connectivity index (χ0) is 14.0. The third kappa shape index (κ3) is 4.91. The Morgan fingerprint density at radius 2 is 1.65 bits per heavy atom. The van der Waals surface area contributed by atoms with Gasteiger partial charge in [0, 0.05) is 12.0 Å². The molecule has 0 atom stereocenters. The summed E-state index contributed by atoms with van der Waals surface area (Å²) in [6, 6.07) is 18.9. The van der Waals surface area contributed by atoms with Crippen LogP contribution >= 0.6 is 0 Å². The molecule has 102 valence electrons. The Bertz CT molecular complexity index is 575. The highest BCUT2D eigenvalue weighted by Gasteiger charge is 1.93. The summed E-state index contributed by atoms with van der Waals surface area (Å²) in [5, 5.41) is 0. The fourth-order valence-electron chi connectivity index (χ4n) is 2.13. The maximum absolute atomic E-state index is 5.54. The third-order valence-electron chi connectivity index (χ3n) is 3.21. The molecule has 2 N–H and O–H groups in total. The van der Waals surface area contributed by atoms with Crippen LogP contribution in [-0.2, 0) is 12.8 Å². The molecule has 0 heterocycles. The van der Waals surface area contributed by atoms with Gasteiger partial charge in [-0.15, -0.1) is 0 Å². The van der Waals surface area contributed by atoms with E-state index in [9.17, 15) is 0 Å². The van der Waals surface area contributed by atoms with E-state index < -0.39 is 0 Å². The number of hydrogen-bond donors (Lipinski definition) is 1. The molecule has 0 amide bonds. The molecule has 0 saturated heterocycles. The standard InChI is InChI=1S/C19H21N/c20-15-7-14-19-13-6-12-18(16-19)11-5-4-10-17-8-2-1-3-9-17/h1-3,6,8-9,12-13,16H,4,7,10,14-15,20H2. The van der Waals surface area contributed by atoms with Crippen molar-refractivity contribution in [2.45, 2.75) is 25.7 Å². The second-order valence-electron chi connectivity index (χ2n) is 4.88. The van der Waals surface area contributed by atoms with Gasteiger partial charge in [-0.2, -0.15) is 0 Å². The minimum absolute atomic E-state index is 0.743. The lowest BCUT2D eigenvalue weighted by Gasteiger charge is -2.00. The van der Waals surface area contributed by atoms with E-state index in [1.165, 1.54) is 11.1 Å². The lowest BCUT2D eigenvalue weighted by atomic mass is 10.1. The highest BCUT2D eigenvalue weighted by atomic mass is 14.5. The van der Waals surface area contributed by atoms with E-state index in [2.05, 4.69) is 60.4 Å². The minimum Gasteiger partial charge on any atom is -0.330 e. The first-order valence-corrected chi connectivity index (χ1v) is 7.20. The Labute approximate surface area is 121 Å². The highest BCUT2D eigenvalue weighted by Crippen LogP contribution is 2.07. The second-order valence-corrected chi connectivity index (χ2v) is 4.88. The van der Waals surface area contributed by atoms with Crippen LogP contribution < -0.4 is 5.73 Å². The van der Waals surface area contributed by atoms with E-state index in [1.54, 1.807) is 0 Å². The Morgan fingerprint density at radius 3 is 2.45 bits per heavy atom. The van der Waals surface area contributed by atoms with Crippen LogP contribution in [0, 0.1) is 11.8 Å². The van der Waals surface area contributed by atoms with Crippen LogP contribution in [0.3, 0.4) is 0 Å². The van der Waals surface area contributed by atoms with Crippen molar-refractivity contribution in [3.63, 3.8) is 0 Å². The minimum atomic E-state index is 0.743. The van der Waals surface area contributed by atoms with E-state index in [-0.39, 0.29) is 0 Å². The zero-order valence-corrected chi connectivity index (χ0v) is 11.8. The van der Waals surface area contributed by atoms with Crippen molar-refractivity contribution in [3.05, 3.63) is 71.3 Å². The van der Waals surface area contributed by atoms with Gasteiger partial charge in [-0.3, -0.25) is 0 Å². The van der Waals surface area contributed by atoms with Gasteiger partial charge in [0.2, 0.25) is 0 Å². The molecule has 0 bridgehead atoms. The van der Waals surface area contributed by atoms with Crippen molar-refractivity contribution in [2.75, 3.05) is 6.54 Å². The summed E-state index contributed by atoms with van der Waals surface area (Å²) in [4.78, 5) is 0. The molecule has 0 fully saturated rings. The highest BCUT2D eigenvalue weighted by molar-refractivity contribution is 5.37. The first-order valence-electron chi connectivity index (χ1n) is 7.20. The van der Waals surface area contributed by atoms with Crippen molar-refractivity contribution in [1.82, 2.24) is 0 Å². The zero-order valence-electron chi connectivity index (χ0n) is 11.8. The quantitative estimate of drug-likeness (QED) is 0.820. The van der Waals surface area contributed by atoms with Crippen molar-refractivity contribution in [3.8, 4) is 11.8 Å². The van der Waals surface area contributed by atoms with E-state index in [0.717, 1.165) is 37.8 Å². The average Bonchev–Trinajstić information content (AvgIpc) is 2.51. The van der Waals surface area contributed by atoms with Crippen molar-refractivity contribution >= 4 is 0 Å².